The highest BCUT2D eigenvalue weighted by atomic mass is 16.6. The molecule has 9 heteroatoms. The van der Waals surface area contributed by atoms with Crippen LogP contribution in [-0.2, 0) is 9.47 Å². The first-order valence-electron chi connectivity index (χ1n) is 7.18. The lowest BCUT2D eigenvalue weighted by Gasteiger charge is -2.20. The molecule has 0 spiro atoms. The van der Waals surface area contributed by atoms with Crippen LogP contribution in [-0.4, -0.2) is 34.7 Å². The van der Waals surface area contributed by atoms with Crippen LogP contribution in [0.2, 0.25) is 0 Å². The zero-order valence-electron chi connectivity index (χ0n) is 14.1. The molecule has 2 heterocycles. The fourth-order valence-electron chi connectivity index (χ4n) is 1.72. The zero-order valence-corrected chi connectivity index (χ0v) is 14.1. The van der Waals surface area contributed by atoms with Gasteiger partial charge in [-0.3, -0.25) is 0 Å². The average molecular weight is 337 g/mol. The molecule has 1 N–H and O–H groups in total. The minimum Gasteiger partial charge on any atom is -0.464 e. The number of carbonyl (C=O) groups is 2. The fourth-order valence-corrected chi connectivity index (χ4v) is 1.72. The molecule has 2 rings (SSSR count). The first kappa shape index (κ1) is 17.5. The number of nitrogens with one attached hydrogen (secondary N) is 1. The number of alkyl carbamates (subject to hydrolysis) is 1. The van der Waals surface area contributed by atoms with E-state index in [9.17, 15) is 9.59 Å². The van der Waals surface area contributed by atoms with E-state index in [1.165, 1.54) is 13.4 Å². The van der Waals surface area contributed by atoms with E-state index >= 15 is 0 Å². The third kappa shape index (κ3) is 4.34. The average Bonchev–Trinajstić information content (AvgIpc) is 3.13. The van der Waals surface area contributed by atoms with Crippen molar-refractivity contribution in [2.45, 2.75) is 39.3 Å². The first-order valence-corrected chi connectivity index (χ1v) is 7.18. The van der Waals surface area contributed by atoms with Gasteiger partial charge in [0.25, 0.3) is 0 Å². The number of ether oxygens (including phenoxy) is 2. The molecule has 0 bridgehead atoms. The Hall–Kier alpha value is -2.84. The predicted octanol–water partition coefficient (Wildman–Crippen LogP) is 2.70. The van der Waals surface area contributed by atoms with Crippen molar-refractivity contribution < 1.29 is 27.9 Å². The Bertz CT molecular complexity index is 728. The quantitative estimate of drug-likeness (QED) is 0.846. The number of nitrogens with zero attached hydrogens (tertiary/aromatic N) is 2. The molecule has 24 heavy (non-hydrogen) atoms. The van der Waals surface area contributed by atoms with Gasteiger partial charge < -0.3 is 23.6 Å². The maximum atomic E-state index is 11.7. The van der Waals surface area contributed by atoms with Crippen LogP contribution in [0.1, 0.15) is 50.1 Å². The van der Waals surface area contributed by atoms with Gasteiger partial charge in [0.1, 0.15) is 24.2 Å². The normalized spacial score (nSPS) is 12.5. The van der Waals surface area contributed by atoms with Gasteiger partial charge in [-0.1, -0.05) is 0 Å². The first-order chi connectivity index (χ1) is 11.2. The molecule has 2 aromatic heterocycles. The number of aromatic nitrogens is 2. The van der Waals surface area contributed by atoms with E-state index in [1.54, 1.807) is 27.7 Å². The Morgan fingerprint density at radius 2 is 1.92 bits per heavy atom. The summed E-state index contributed by atoms with van der Waals surface area (Å²) in [4.78, 5) is 31.2. The van der Waals surface area contributed by atoms with Gasteiger partial charge in [0.05, 0.1) is 7.11 Å². The second kappa shape index (κ2) is 6.73. The van der Waals surface area contributed by atoms with Crippen molar-refractivity contribution in [1.29, 1.82) is 0 Å². The molecule has 0 saturated carbocycles. The molecule has 1 amide bonds. The summed E-state index contributed by atoms with van der Waals surface area (Å²) in [5.74, 6) is -0.266. The number of carbonyl (C=O) groups excluding carboxylic acids is 2. The molecule has 0 fully saturated rings. The summed E-state index contributed by atoms with van der Waals surface area (Å²) in [5, 5.41) is 2.61. The Labute approximate surface area is 138 Å². The van der Waals surface area contributed by atoms with Crippen molar-refractivity contribution in [2.75, 3.05) is 7.11 Å². The molecule has 9 nitrogen and oxygen atoms in total. The minimum absolute atomic E-state index is 0.0250. The Balaban J connectivity index is 2.06. The molecule has 0 radical (unpaired) electrons. The molecular weight excluding hydrogens is 318 g/mol. The van der Waals surface area contributed by atoms with Crippen molar-refractivity contribution in [3.8, 4) is 11.6 Å². The summed E-state index contributed by atoms with van der Waals surface area (Å²) in [6, 6.07) is -0.524. The standard InChI is InChI=1S/C15H19N3O6/c1-8(16-14(20)24-15(2,3)4)11-17-9(6-22-11)12-18-10(7-23-12)13(19)21-5/h6-8H,1-5H3,(H,16,20)/t8-/m0/s1. The molecule has 1 atom stereocenters. The molecule has 2 aromatic rings. The van der Waals surface area contributed by atoms with Gasteiger partial charge in [-0.05, 0) is 27.7 Å². The van der Waals surface area contributed by atoms with Gasteiger partial charge in [-0.25, -0.2) is 19.6 Å². The van der Waals surface area contributed by atoms with E-state index in [0.29, 0.717) is 0 Å². The van der Waals surface area contributed by atoms with E-state index in [2.05, 4.69) is 20.0 Å². The smallest absolute Gasteiger partial charge is 0.408 e. The summed E-state index contributed by atoms with van der Waals surface area (Å²) < 4.78 is 20.2. The van der Waals surface area contributed by atoms with Crippen molar-refractivity contribution in [2.24, 2.45) is 0 Å². The molecule has 0 aliphatic carbocycles. The molecule has 0 saturated heterocycles. The second-order valence-electron chi connectivity index (χ2n) is 5.97. The summed E-state index contributed by atoms with van der Waals surface area (Å²) in [6.45, 7) is 6.99. The number of hydrogen-bond donors (Lipinski definition) is 1. The van der Waals surface area contributed by atoms with E-state index in [4.69, 9.17) is 13.6 Å². The van der Waals surface area contributed by atoms with E-state index in [-0.39, 0.29) is 23.2 Å². The van der Waals surface area contributed by atoms with Crippen LogP contribution in [0.5, 0.6) is 0 Å². The molecular formula is C15H19N3O6. The summed E-state index contributed by atoms with van der Waals surface area (Å²) in [5.41, 5.74) is -0.288. The lowest BCUT2D eigenvalue weighted by molar-refractivity contribution is 0.0499. The number of methoxy groups -OCH3 is 1. The van der Waals surface area contributed by atoms with Crippen molar-refractivity contribution in [1.82, 2.24) is 15.3 Å². The second-order valence-corrected chi connectivity index (χ2v) is 5.97. The zero-order chi connectivity index (χ0) is 17.9. The SMILES string of the molecule is COC(=O)c1coc(-c2coc([C@H](C)NC(=O)OC(C)(C)C)n2)n1. The predicted molar refractivity (Wildman–Crippen MR) is 81.1 cm³/mol. The van der Waals surface area contributed by atoms with Gasteiger partial charge in [0.2, 0.25) is 11.8 Å². The molecule has 0 unspecified atom stereocenters. The number of esters is 1. The third-order valence-corrected chi connectivity index (χ3v) is 2.74. The Morgan fingerprint density at radius 3 is 2.54 bits per heavy atom. The summed E-state index contributed by atoms with van der Waals surface area (Å²) in [7, 11) is 1.24. The van der Waals surface area contributed by atoms with Crippen molar-refractivity contribution in [3.63, 3.8) is 0 Å². The van der Waals surface area contributed by atoms with Crippen molar-refractivity contribution in [3.05, 3.63) is 24.1 Å². The van der Waals surface area contributed by atoms with Crippen LogP contribution < -0.4 is 5.32 Å². The lowest BCUT2D eigenvalue weighted by Crippen LogP contribution is -2.34. The molecule has 0 aliphatic heterocycles. The van der Waals surface area contributed by atoms with Gasteiger partial charge in [0, 0.05) is 0 Å². The monoisotopic (exact) mass is 337 g/mol. The third-order valence-electron chi connectivity index (χ3n) is 2.74. The molecule has 0 aliphatic rings. The van der Waals surface area contributed by atoms with E-state index in [0.717, 1.165) is 6.26 Å². The molecule has 130 valence electrons. The Kier molecular flexibility index (Phi) is 4.91. The number of oxazole rings is 2. The van der Waals surface area contributed by atoms with Gasteiger partial charge in [-0.15, -0.1) is 0 Å². The highest BCUT2D eigenvalue weighted by molar-refractivity contribution is 5.87. The highest BCUT2D eigenvalue weighted by Crippen LogP contribution is 2.21. The van der Waals surface area contributed by atoms with Crippen LogP contribution in [0.25, 0.3) is 11.6 Å². The van der Waals surface area contributed by atoms with Gasteiger partial charge >= 0.3 is 12.1 Å². The maximum Gasteiger partial charge on any atom is 0.408 e. The summed E-state index contributed by atoms with van der Waals surface area (Å²) in [6.07, 6.45) is 1.90. The maximum absolute atomic E-state index is 11.7. The van der Waals surface area contributed by atoms with Crippen LogP contribution in [0.4, 0.5) is 4.79 Å². The molecule has 0 aromatic carbocycles. The highest BCUT2D eigenvalue weighted by Gasteiger charge is 2.22. The topological polar surface area (TPSA) is 117 Å². The van der Waals surface area contributed by atoms with Crippen LogP contribution in [0.3, 0.4) is 0 Å². The fraction of sp³-hybridized carbons (Fsp3) is 0.467. The van der Waals surface area contributed by atoms with Crippen LogP contribution in [0, 0.1) is 0 Å². The Morgan fingerprint density at radius 1 is 1.21 bits per heavy atom. The van der Waals surface area contributed by atoms with Crippen molar-refractivity contribution >= 4 is 12.1 Å². The van der Waals surface area contributed by atoms with Crippen LogP contribution in [0.15, 0.2) is 21.4 Å². The number of hydrogen-bond acceptors (Lipinski definition) is 8. The van der Waals surface area contributed by atoms with Crippen LogP contribution >= 0.6 is 0 Å². The number of amides is 1. The summed E-state index contributed by atoms with van der Waals surface area (Å²) >= 11 is 0. The van der Waals surface area contributed by atoms with E-state index in [1.807, 2.05) is 0 Å². The van der Waals surface area contributed by atoms with E-state index < -0.39 is 23.7 Å². The van der Waals surface area contributed by atoms with Gasteiger partial charge in [-0.2, -0.15) is 0 Å². The minimum atomic E-state index is -0.617. The van der Waals surface area contributed by atoms with Gasteiger partial charge in [0.15, 0.2) is 11.4 Å². The number of rotatable bonds is 4. The lowest BCUT2D eigenvalue weighted by atomic mass is 10.2. The largest absolute Gasteiger partial charge is 0.464 e.